The van der Waals surface area contributed by atoms with E-state index in [1.807, 2.05) is 18.2 Å². The lowest BCUT2D eigenvalue weighted by atomic mass is 10.0. The molecule has 1 aliphatic heterocycles. The SMILES string of the molecule is O=C(O)c1ccc(CNC(=O)N2CCNCC2c2cccc(Cl)c2)c(F)c1. The number of hydrogen-bond acceptors (Lipinski definition) is 3. The molecule has 2 aromatic carbocycles. The fourth-order valence-electron chi connectivity index (χ4n) is 3.06. The molecule has 3 N–H and O–H groups in total. The van der Waals surface area contributed by atoms with Gasteiger partial charge in [-0.2, -0.15) is 0 Å². The molecule has 2 amide bonds. The van der Waals surface area contributed by atoms with Crippen LogP contribution in [0.15, 0.2) is 42.5 Å². The van der Waals surface area contributed by atoms with Gasteiger partial charge in [0.1, 0.15) is 5.82 Å². The third-order valence-corrected chi connectivity index (χ3v) is 4.70. The summed E-state index contributed by atoms with van der Waals surface area (Å²) in [6, 6.07) is 10.5. The number of benzene rings is 2. The fourth-order valence-corrected chi connectivity index (χ4v) is 3.25. The predicted molar refractivity (Wildman–Crippen MR) is 99.4 cm³/mol. The van der Waals surface area contributed by atoms with E-state index in [4.69, 9.17) is 16.7 Å². The van der Waals surface area contributed by atoms with E-state index in [9.17, 15) is 14.0 Å². The first kappa shape index (κ1) is 19.1. The molecule has 0 saturated carbocycles. The van der Waals surface area contributed by atoms with Crippen LogP contribution in [-0.2, 0) is 6.54 Å². The van der Waals surface area contributed by atoms with Crippen molar-refractivity contribution in [2.45, 2.75) is 12.6 Å². The van der Waals surface area contributed by atoms with Crippen molar-refractivity contribution in [2.75, 3.05) is 19.6 Å². The summed E-state index contributed by atoms with van der Waals surface area (Å²) in [5, 5.41) is 15.5. The number of rotatable bonds is 4. The summed E-state index contributed by atoms with van der Waals surface area (Å²) in [5.74, 6) is -1.86. The first-order chi connectivity index (χ1) is 13.0. The van der Waals surface area contributed by atoms with Crippen LogP contribution in [0.1, 0.15) is 27.5 Å². The third-order valence-electron chi connectivity index (χ3n) is 4.47. The molecule has 142 valence electrons. The van der Waals surface area contributed by atoms with Gasteiger partial charge in [-0.3, -0.25) is 0 Å². The van der Waals surface area contributed by atoms with Crippen LogP contribution in [0.5, 0.6) is 0 Å². The van der Waals surface area contributed by atoms with Gasteiger partial charge in [-0.25, -0.2) is 14.0 Å². The monoisotopic (exact) mass is 391 g/mol. The van der Waals surface area contributed by atoms with Crippen molar-refractivity contribution in [3.05, 3.63) is 70.0 Å². The Hall–Kier alpha value is -2.64. The van der Waals surface area contributed by atoms with Crippen LogP contribution in [-0.4, -0.2) is 41.6 Å². The molecule has 0 bridgehead atoms. The molecule has 0 radical (unpaired) electrons. The van der Waals surface area contributed by atoms with Crippen LogP contribution in [0.25, 0.3) is 0 Å². The number of carbonyl (C=O) groups excluding carboxylic acids is 1. The molecule has 8 heteroatoms. The number of aromatic carboxylic acids is 1. The topological polar surface area (TPSA) is 81.7 Å². The first-order valence-electron chi connectivity index (χ1n) is 8.48. The van der Waals surface area contributed by atoms with E-state index in [1.165, 1.54) is 12.1 Å². The van der Waals surface area contributed by atoms with Crippen LogP contribution < -0.4 is 10.6 Å². The van der Waals surface area contributed by atoms with E-state index >= 15 is 0 Å². The first-order valence-corrected chi connectivity index (χ1v) is 8.86. The lowest BCUT2D eigenvalue weighted by Gasteiger charge is -2.36. The minimum atomic E-state index is -1.20. The van der Waals surface area contributed by atoms with E-state index in [0.717, 1.165) is 11.6 Å². The van der Waals surface area contributed by atoms with E-state index in [0.29, 0.717) is 24.7 Å². The molecular formula is C19H19ClFN3O3. The molecule has 0 aromatic heterocycles. The van der Waals surface area contributed by atoms with Gasteiger partial charge in [-0.05, 0) is 29.8 Å². The molecule has 27 heavy (non-hydrogen) atoms. The summed E-state index contributed by atoms with van der Waals surface area (Å²) in [6.07, 6.45) is 0. The number of carboxylic acid groups (broad SMARTS) is 1. The molecule has 1 fully saturated rings. The highest BCUT2D eigenvalue weighted by Gasteiger charge is 2.28. The highest BCUT2D eigenvalue weighted by molar-refractivity contribution is 6.30. The number of halogens is 2. The summed E-state index contributed by atoms with van der Waals surface area (Å²) in [5.41, 5.74) is 1.01. The Balaban J connectivity index is 1.70. The standard InChI is InChI=1S/C19H19ClFN3O3/c20-15-3-1-2-12(8-15)17-11-22-6-7-24(17)19(27)23-10-14-5-4-13(18(25)26)9-16(14)21/h1-5,8-9,17,22H,6-7,10-11H2,(H,23,27)(H,25,26). The van der Waals surface area contributed by atoms with Gasteiger partial charge in [0.25, 0.3) is 0 Å². The van der Waals surface area contributed by atoms with Crippen molar-refractivity contribution in [1.29, 1.82) is 0 Å². The molecule has 1 heterocycles. The van der Waals surface area contributed by atoms with E-state index in [1.54, 1.807) is 11.0 Å². The van der Waals surface area contributed by atoms with E-state index < -0.39 is 11.8 Å². The molecule has 6 nitrogen and oxygen atoms in total. The van der Waals surface area contributed by atoms with Gasteiger partial charge in [0.2, 0.25) is 0 Å². The number of urea groups is 1. The second kappa shape index (κ2) is 8.37. The van der Waals surface area contributed by atoms with Crippen molar-refractivity contribution in [3.63, 3.8) is 0 Å². The van der Waals surface area contributed by atoms with Crippen molar-refractivity contribution in [1.82, 2.24) is 15.5 Å². The zero-order valence-corrected chi connectivity index (χ0v) is 15.2. The lowest BCUT2D eigenvalue weighted by Crippen LogP contribution is -2.51. The maximum absolute atomic E-state index is 14.0. The van der Waals surface area contributed by atoms with Crippen molar-refractivity contribution >= 4 is 23.6 Å². The van der Waals surface area contributed by atoms with Crippen LogP contribution in [0.4, 0.5) is 9.18 Å². The summed E-state index contributed by atoms with van der Waals surface area (Å²) in [4.78, 5) is 25.2. The number of amides is 2. The zero-order chi connectivity index (χ0) is 19.4. The molecule has 0 aliphatic carbocycles. The molecule has 0 spiro atoms. The van der Waals surface area contributed by atoms with Crippen LogP contribution in [0.2, 0.25) is 5.02 Å². The summed E-state index contributed by atoms with van der Waals surface area (Å²) in [6.45, 7) is 1.72. The molecule has 2 aromatic rings. The van der Waals surface area contributed by atoms with Crippen LogP contribution in [0.3, 0.4) is 0 Å². The van der Waals surface area contributed by atoms with Gasteiger partial charge in [0.05, 0.1) is 11.6 Å². The molecule has 3 rings (SSSR count). The largest absolute Gasteiger partial charge is 0.478 e. The second-order valence-corrected chi connectivity index (χ2v) is 6.67. The average molecular weight is 392 g/mol. The van der Waals surface area contributed by atoms with Gasteiger partial charge in [0, 0.05) is 36.8 Å². The second-order valence-electron chi connectivity index (χ2n) is 6.24. The Morgan fingerprint density at radius 2 is 2.11 bits per heavy atom. The fraction of sp³-hybridized carbons (Fsp3) is 0.263. The van der Waals surface area contributed by atoms with Gasteiger partial charge in [-0.1, -0.05) is 29.8 Å². The Labute approximate surface area is 160 Å². The number of nitrogens with one attached hydrogen (secondary N) is 2. The smallest absolute Gasteiger partial charge is 0.335 e. The van der Waals surface area contributed by atoms with Gasteiger partial charge in [-0.15, -0.1) is 0 Å². The Morgan fingerprint density at radius 3 is 2.81 bits per heavy atom. The van der Waals surface area contributed by atoms with E-state index in [-0.39, 0.29) is 29.7 Å². The normalized spacial score (nSPS) is 16.8. The summed E-state index contributed by atoms with van der Waals surface area (Å²) in [7, 11) is 0. The van der Waals surface area contributed by atoms with E-state index in [2.05, 4.69) is 10.6 Å². The molecule has 1 aliphatic rings. The minimum Gasteiger partial charge on any atom is -0.478 e. The van der Waals surface area contributed by atoms with Crippen molar-refractivity contribution < 1.29 is 19.1 Å². The Morgan fingerprint density at radius 1 is 1.30 bits per heavy atom. The maximum atomic E-state index is 14.0. The van der Waals surface area contributed by atoms with Gasteiger partial charge >= 0.3 is 12.0 Å². The van der Waals surface area contributed by atoms with Crippen molar-refractivity contribution in [2.24, 2.45) is 0 Å². The van der Waals surface area contributed by atoms with Gasteiger partial charge < -0.3 is 20.6 Å². The quantitative estimate of drug-likeness (QED) is 0.748. The Kier molecular flexibility index (Phi) is 5.93. The molecule has 1 atom stereocenters. The van der Waals surface area contributed by atoms with Crippen molar-refractivity contribution in [3.8, 4) is 0 Å². The third kappa shape index (κ3) is 4.56. The zero-order valence-electron chi connectivity index (χ0n) is 14.4. The minimum absolute atomic E-state index is 0.0310. The number of nitrogens with zero attached hydrogens (tertiary/aromatic N) is 1. The highest BCUT2D eigenvalue weighted by Crippen LogP contribution is 2.24. The highest BCUT2D eigenvalue weighted by atomic mass is 35.5. The van der Waals surface area contributed by atoms with Gasteiger partial charge in [0.15, 0.2) is 0 Å². The molecule has 1 saturated heterocycles. The van der Waals surface area contributed by atoms with Crippen LogP contribution in [0, 0.1) is 5.82 Å². The number of piperazine rings is 1. The molecule has 1 unspecified atom stereocenters. The lowest BCUT2D eigenvalue weighted by molar-refractivity contribution is 0.0696. The molecular weight excluding hydrogens is 373 g/mol. The number of carboxylic acids is 1. The predicted octanol–water partition coefficient (Wildman–Crippen LogP) is 3.03. The summed E-state index contributed by atoms with van der Waals surface area (Å²) >= 11 is 6.06. The summed E-state index contributed by atoms with van der Waals surface area (Å²) < 4.78 is 14.0. The maximum Gasteiger partial charge on any atom is 0.335 e. The number of carbonyl (C=O) groups is 2. The number of hydrogen-bond donors (Lipinski definition) is 3. The van der Waals surface area contributed by atoms with Crippen LogP contribution >= 0.6 is 11.6 Å². The Bertz CT molecular complexity index is 862. The average Bonchev–Trinajstić information content (AvgIpc) is 2.66.